The molecular weight excluding hydrogens is 480 g/mol. The van der Waals surface area contributed by atoms with Crippen molar-refractivity contribution >= 4 is 23.5 Å². The molecule has 0 aromatic heterocycles. The largest absolute Gasteiger partial charge is 0.515 e. The summed E-state index contributed by atoms with van der Waals surface area (Å²) >= 11 is 0. The zero-order chi connectivity index (χ0) is 28.6. The number of carboxylic acid groups (broad SMARTS) is 1. The topological polar surface area (TPSA) is 158 Å². The lowest BCUT2D eigenvalue weighted by molar-refractivity contribution is -0.238. The van der Waals surface area contributed by atoms with Gasteiger partial charge in [-0.2, -0.15) is 0 Å². The molecule has 2 aliphatic rings. The first-order valence-corrected chi connectivity index (χ1v) is 12.8. The maximum atomic E-state index is 13.9. The highest BCUT2D eigenvalue weighted by Crippen LogP contribution is 2.67. The Hall–Kier alpha value is -2.52. The Bertz CT molecular complexity index is 992. The van der Waals surface area contributed by atoms with Gasteiger partial charge in [0.25, 0.3) is 0 Å². The van der Waals surface area contributed by atoms with Gasteiger partial charge in [0.2, 0.25) is 0 Å². The van der Waals surface area contributed by atoms with Gasteiger partial charge in [-0.3, -0.25) is 14.4 Å². The molecule has 0 heterocycles. The fraction of sp³-hybridized carbons (Fsp3) is 0.714. The van der Waals surface area contributed by atoms with Crippen LogP contribution in [0.2, 0.25) is 0 Å². The number of allylic oxidation sites excluding steroid dienone is 1. The molecule has 8 atom stereocenters. The second-order valence-corrected chi connectivity index (χ2v) is 11.8. The number of aliphatic hydroxyl groups is 3. The normalized spacial score (nSPS) is 39.2. The van der Waals surface area contributed by atoms with E-state index in [0.29, 0.717) is 24.7 Å². The molecule has 0 aromatic carbocycles. The van der Waals surface area contributed by atoms with E-state index in [4.69, 9.17) is 9.84 Å². The molecule has 0 bridgehead atoms. The van der Waals surface area contributed by atoms with Crippen molar-refractivity contribution in [3.8, 4) is 0 Å². The summed E-state index contributed by atoms with van der Waals surface area (Å²) in [5.74, 6) is -5.00. The van der Waals surface area contributed by atoms with Gasteiger partial charge >= 0.3 is 11.9 Å². The molecule has 208 valence electrons. The standard InChI is InChI=1S/C28H42O9/c1-8-18(15-37-22(33)12-16(2)11-21(31)32)27(6)26(5,20(30)9-10-29)23-17(3)13-25(4,35)14-19(23)24(34)28(27,7)36/h9-11,17-19,23,29,35-36H,8,12-15H2,1-7H3,(H,31,32)/b10-9-,16-11+/t17-,18+,19+,23+,25-,26-,27-,28-/m1/s1. The molecule has 37 heavy (non-hydrogen) atoms. The van der Waals surface area contributed by atoms with E-state index < -0.39 is 63.3 Å². The minimum atomic E-state index is -2.03. The Morgan fingerprint density at radius 3 is 2.24 bits per heavy atom. The number of rotatable bonds is 9. The third-order valence-electron chi connectivity index (χ3n) is 9.33. The average molecular weight is 523 g/mol. The molecule has 2 fully saturated rings. The zero-order valence-electron chi connectivity index (χ0n) is 22.9. The van der Waals surface area contributed by atoms with Crippen molar-refractivity contribution in [1.29, 1.82) is 0 Å². The summed E-state index contributed by atoms with van der Waals surface area (Å²) in [6.45, 7) is 11.4. The van der Waals surface area contributed by atoms with Crippen molar-refractivity contribution in [2.45, 2.75) is 85.4 Å². The van der Waals surface area contributed by atoms with Crippen LogP contribution in [0.25, 0.3) is 0 Å². The van der Waals surface area contributed by atoms with Gasteiger partial charge in [-0.15, -0.1) is 0 Å². The Kier molecular flexibility index (Phi) is 8.87. The smallest absolute Gasteiger partial charge is 0.328 e. The maximum absolute atomic E-state index is 13.9. The summed E-state index contributed by atoms with van der Waals surface area (Å²) in [6, 6.07) is 0. The van der Waals surface area contributed by atoms with Crippen LogP contribution in [0.3, 0.4) is 0 Å². The predicted octanol–water partition coefficient (Wildman–Crippen LogP) is 3.38. The van der Waals surface area contributed by atoms with E-state index in [1.807, 2.05) is 13.8 Å². The van der Waals surface area contributed by atoms with Gasteiger partial charge in [-0.25, -0.2) is 4.79 Å². The van der Waals surface area contributed by atoms with Crippen LogP contribution < -0.4 is 0 Å². The number of Topliss-reactive ketones (excluding diaryl/α,β-unsaturated/α-hetero) is 1. The molecule has 0 spiro atoms. The van der Waals surface area contributed by atoms with Crippen LogP contribution in [-0.2, 0) is 23.9 Å². The quantitative estimate of drug-likeness (QED) is 0.202. The highest BCUT2D eigenvalue weighted by molar-refractivity contribution is 6.00. The molecule has 9 heteroatoms. The van der Waals surface area contributed by atoms with E-state index in [-0.39, 0.29) is 25.4 Å². The number of ether oxygens (including phenoxy) is 1. The monoisotopic (exact) mass is 522 g/mol. The van der Waals surface area contributed by atoms with Gasteiger partial charge in [-0.1, -0.05) is 33.3 Å². The van der Waals surface area contributed by atoms with E-state index in [0.717, 1.165) is 12.2 Å². The minimum Gasteiger partial charge on any atom is -0.515 e. The van der Waals surface area contributed by atoms with Gasteiger partial charge in [0, 0.05) is 34.8 Å². The highest BCUT2D eigenvalue weighted by Gasteiger charge is 2.74. The van der Waals surface area contributed by atoms with Crippen molar-refractivity contribution in [2.75, 3.05) is 6.61 Å². The number of hydrogen-bond donors (Lipinski definition) is 4. The lowest BCUT2D eigenvalue weighted by Crippen LogP contribution is -2.74. The Morgan fingerprint density at radius 1 is 1.14 bits per heavy atom. The molecule has 0 unspecified atom stereocenters. The minimum absolute atomic E-state index is 0.0970. The van der Waals surface area contributed by atoms with Gasteiger partial charge in [-0.05, 0) is 51.9 Å². The van der Waals surface area contributed by atoms with Crippen molar-refractivity contribution < 1.29 is 44.3 Å². The van der Waals surface area contributed by atoms with E-state index >= 15 is 0 Å². The first kappa shape index (κ1) is 30.7. The van der Waals surface area contributed by atoms with Crippen LogP contribution in [-0.4, -0.2) is 61.7 Å². The van der Waals surface area contributed by atoms with Crippen molar-refractivity contribution in [3.63, 3.8) is 0 Å². The van der Waals surface area contributed by atoms with Crippen LogP contribution in [0.5, 0.6) is 0 Å². The molecule has 0 saturated heterocycles. The second-order valence-electron chi connectivity index (χ2n) is 11.8. The van der Waals surface area contributed by atoms with E-state index in [1.54, 1.807) is 20.8 Å². The lowest BCUT2D eigenvalue weighted by Gasteiger charge is -2.66. The number of carbonyl (C=O) groups is 4. The molecule has 4 N–H and O–H groups in total. The van der Waals surface area contributed by atoms with Gasteiger partial charge in [0.15, 0.2) is 11.6 Å². The number of aliphatic carboxylic acids is 1. The van der Waals surface area contributed by atoms with Crippen molar-refractivity contribution in [2.24, 2.45) is 34.5 Å². The number of carboxylic acids is 1. The van der Waals surface area contributed by atoms with Crippen LogP contribution in [0.1, 0.15) is 74.1 Å². The fourth-order valence-electron chi connectivity index (χ4n) is 7.51. The molecule has 0 radical (unpaired) electrons. The Balaban J connectivity index is 2.61. The zero-order valence-corrected chi connectivity index (χ0v) is 22.9. The van der Waals surface area contributed by atoms with E-state index in [1.165, 1.54) is 13.8 Å². The van der Waals surface area contributed by atoms with Gasteiger partial charge in [0.05, 0.1) is 24.9 Å². The fourth-order valence-corrected chi connectivity index (χ4v) is 7.51. The molecule has 0 aliphatic heterocycles. The third-order valence-corrected chi connectivity index (χ3v) is 9.33. The molecule has 2 rings (SSSR count). The van der Waals surface area contributed by atoms with Crippen LogP contribution in [0.15, 0.2) is 24.0 Å². The van der Waals surface area contributed by atoms with Crippen LogP contribution in [0, 0.1) is 34.5 Å². The molecule has 9 nitrogen and oxygen atoms in total. The first-order valence-electron chi connectivity index (χ1n) is 12.8. The third kappa shape index (κ3) is 5.25. The second kappa shape index (κ2) is 10.7. The SMILES string of the molecule is CC[C@@H](COC(=O)C/C(C)=C/C(=O)O)[C@@]1(C)[C@](C)(O)C(=O)[C@H]2C[C@](C)(O)C[C@@H](C)[C@@H]2[C@@]1(C)C(=O)/C=C\O. The number of fused-ring (bicyclic) bond motifs is 1. The summed E-state index contributed by atoms with van der Waals surface area (Å²) in [5.41, 5.74) is -5.65. The number of carbonyl (C=O) groups excluding carboxylic acids is 3. The first-order chi connectivity index (χ1) is 16.9. The summed E-state index contributed by atoms with van der Waals surface area (Å²) in [4.78, 5) is 51.0. The van der Waals surface area contributed by atoms with Gasteiger partial charge in [0.1, 0.15) is 5.60 Å². The molecule has 2 saturated carbocycles. The molecule has 0 aromatic rings. The average Bonchev–Trinajstić information content (AvgIpc) is 2.75. The van der Waals surface area contributed by atoms with Gasteiger partial charge < -0.3 is 25.2 Å². The Morgan fingerprint density at radius 2 is 1.73 bits per heavy atom. The highest BCUT2D eigenvalue weighted by atomic mass is 16.5. The summed E-state index contributed by atoms with van der Waals surface area (Å²) in [7, 11) is 0. The summed E-state index contributed by atoms with van der Waals surface area (Å²) in [5, 5.41) is 41.2. The van der Waals surface area contributed by atoms with Crippen LogP contribution in [0.4, 0.5) is 0 Å². The summed E-state index contributed by atoms with van der Waals surface area (Å²) < 4.78 is 5.51. The van der Waals surface area contributed by atoms with E-state index in [9.17, 15) is 34.5 Å². The maximum Gasteiger partial charge on any atom is 0.328 e. The molecule has 2 aliphatic carbocycles. The summed E-state index contributed by atoms with van der Waals surface area (Å²) in [6.07, 6.45) is 3.17. The number of esters is 1. The van der Waals surface area contributed by atoms with Crippen molar-refractivity contribution in [3.05, 3.63) is 24.0 Å². The predicted molar refractivity (Wildman–Crippen MR) is 135 cm³/mol. The number of hydrogen-bond acceptors (Lipinski definition) is 8. The Labute approximate surface area is 218 Å². The lowest BCUT2D eigenvalue weighted by atomic mass is 9.37. The van der Waals surface area contributed by atoms with E-state index in [2.05, 4.69) is 0 Å². The number of ketones is 2. The number of aliphatic hydroxyl groups excluding tert-OH is 1. The molecular formula is C28H42O9. The molecule has 0 amide bonds. The van der Waals surface area contributed by atoms with Crippen LogP contribution >= 0.6 is 0 Å². The van der Waals surface area contributed by atoms with Crippen molar-refractivity contribution in [1.82, 2.24) is 0 Å².